The van der Waals surface area contributed by atoms with Crippen LogP contribution >= 0.6 is 0 Å². The largest absolute Gasteiger partial charge is 0.469 e. The van der Waals surface area contributed by atoms with Crippen LogP contribution in [0.5, 0.6) is 0 Å². The third-order valence-corrected chi connectivity index (χ3v) is 4.69. The van der Waals surface area contributed by atoms with Gasteiger partial charge in [-0.25, -0.2) is 0 Å². The van der Waals surface area contributed by atoms with Crippen molar-refractivity contribution in [3.05, 3.63) is 82.1 Å². The Kier molecular flexibility index (Phi) is 5.89. The summed E-state index contributed by atoms with van der Waals surface area (Å²) >= 11 is 0. The van der Waals surface area contributed by atoms with Crippen LogP contribution in [0, 0.1) is 0 Å². The monoisotopic (exact) mass is 378 g/mol. The fraction of sp³-hybridized carbons (Fsp3) is 0.227. The first kappa shape index (κ1) is 19.4. The Morgan fingerprint density at radius 1 is 1.07 bits per heavy atom. The zero-order chi connectivity index (χ0) is 20.1. The lowest BCUT2D eigenvalue weighted by Gasteiger charge is -2.19. The highest BCUT2D eigenvalue weighted by Gasteiger charge is 2.20. The molecule has 0 spiro atoms. The lowest BCUT2D eigenvalue weighted by Crippen LogP contribution is -2.39. The van der Waals surface area contributed by atoms with Gasteiger partial charge in [-0.15, -0.1) is 0 Å². The zero-order valence-electron chi connectivity index (χ0n) is 15.8. The van der Waals surface area contributed by atoms with Gasteiger partial charge in [-0.05, 0) is 24.1 Å². The second-order valence-electron chi connectivity index (χ2n) is 6.61. The molecule has 0 bridgehead atoms. The molecule has 0 saturated heterocycles. The summed E-state index contributed by atoms with van der Waals surface area (Å²) in [7, 11) is 3.06. The number of aromatic nitrogens is 1. The van der Waals surface area contributed by atoms with Gasteiger partial charge in [-0.2, -0.15) is 0 Å². The Morgan fingerprint density at radius 3 is 2.46 bits per heavy atom. The van der Waals surface area contributed by atoms with Crippen molar-refractivity contribution in [1.82, 2.24) is 9.88 Å². The number of aryl methyl sites for hydroxylation is 1. The molecule has 1 heterocycles. The average Bonchev–Trinajstić information content (AvgIpc) is 2.71. The van der Waals surface area contributed by atoms with E-state index in [1.54, 1.807) is 29.8 Å². The van der Waals surface area contributed by atoms with Crippen molar-refractivity contribution in [2.75, 3.05) is 7.11 Å². The highest BCUT2D eigenvalue weighted by molar-refractivity contribution is 5.95. The van der Waals surface area contributed by atoms with Crippen LogP contribution in [0.15, 0.2) is 65.5 Å². The van der Waals surface area contributed by atoms with Gasteiger partial charge < -0.3 is 14.6 Å². The number of benzene rings is 2. The van der Waals surface area contributed by atoms with E-state index in [1.165, 1.54) is 13.2 Å². The number of hydrogen-bond acceptors (Lipinski definition) is 4. The molecule has 0 aliphatic carbocycles. The van der Waals surface area contributed by atoms with Crippen LogP contribution in [-0.4, -0.2) is 29.6 Å². The number of esters is 1. The van der Waals surface area contributed by atoms with Gasteiger partial charge in [0.05, 0.1) is 19.0 Å². The molecule has 0 radical (unpaired) electrons. The van der Waals surface area contributed by atoms with Gasteiger partial charge in [0.15, 0.2) is 5.43 Å². The fourth-order valence-electron chi connectivity index (χ4n) is 3.24. The molecule has 0 aliphatic rings. The summed E-state index contributed by atoms with van der Waals surface area (Å²) in [6, 6.07) is 17.6. The quantitative estimate of drug-likeness (QED) is 0.669. The maximum atomic E-state index is 12.9. The number of nitrogens with zero attached hydrogens (tertiary/aromatic N) is 1. The van der Waals surface area contributed by atoms with Crippen molar-refractivity contribution in [3.63, 3.8) is 0 Å². The molecule has 1 amide bonds. The Labute approximate surface area is 162 Å². The molecule has 3 aromatic rings. The molecule has 0 aliphatic heterocycles. The normalized spacial score (nSPS) is 11.8. The number of rotatable bonds is 6. The van der Waals surface area contributed by atoms with Crippen molar-refractivity contribution in [1.29, 1.82) is 0 Å². The van der Waals surface area contributed by atoms with E-state index in [0.29, 0.717) is 17.3 Å². The first-order valence-electron chi connectivity index (χ1n) is 9.00. The molecule has 0 unspecified atom stereocenters. The van der Waals surface area contributed by atoms with Gasteiger partial charge in [0.2, 0.25) is 0 Å². The standard InChI is InChI=1S/C22H22N2O4/c1-24-18-11-7-6-10-17(18)20(25)14-19(24)22(27)23-16(13-21(26)28-2)12-15-8-4-3-5-9-15/h3-11,14,16H,12-13H2,1-2H3,(H,23,27)/t16-/m1/s1. The topological polar surface area (TPSA) is 77.4 Å². The minimum Gasteiger partial charge on any atom is -0.469 e. The highest BCUT2D eigenvalue weighted by Crippen LogP contribution is 2.13. The van der Waals surface area contributed by atoms with E-state index in [2.05, 4.69) is 5.32 Å². The van der Waals surface area contributed by atoms with Gasteiger partial charge >= 0.3 is 5.97 Å². The van der Waals surface area contributed by atoms with Crippen molar-refractivity contribution in [2.45, 2.75) is 18.9 Å². The number of ether oxygens (including phenoxy) is 1. The van der Waals surface area contributed by atoms with Gasteiger partial charge in [0, 0.05) is 24.5 Å². The minimum atomic E-state index is -0.455. The Bertz CT molecular complexity index is 1060. The number of pyridine rings is 1. The maximum absolute atomic E-state index is 12.9. The lowest BCUT2D eigenvalue weighted by molar-refractivity contribution is -0.141. The average molecular weight is 378 g/mol. The highest BCUT2D eigenvalue weighted by atomic mass is 16.5. The first-order valence-corrected chi connectivity index (χ1v) is 9.00. The lowest BCUT2D eigenvalue weighted by atomic mass is 10.0. The number of carbonyl (C=O) groups excluding carboxylic acids is 2. The van der Waals surface area contributed by atoms with E-state index in [4.69, 9.17) is 4.74 Å². The maximum Gasteiger partial charge on any atom is 0.307 e. The van der Waals surface area contributed by atoms with Gasteiger partial charge in [-0.3, -0.25) is 14.4 Å². The Balaban J connectivity index is 1.89. The number of hydrogen-bond donors (Lipinski definition) is 1. The van der Waals surface area contributed by atoms with Gasteiger partial charge in [0.1, 0.15) is 5.69 Å². The molecular weight excluding hydrogens is 356 g/mol. The SMILES string of the molecule is COC(=O)C[C@@H](Cc1ccccc1)NC(=O)c1cc(=O)c2ccccc2n1C. The predicted molar refractivity (Wildman–Crippen MR) is 107 cm³/mol. The van der Waals surface area contributed by atoms with Crippen molar-refractivity contribution < 1.29 is 14.3 Å². The first-order chi connectivity index (χ1) is 13.5. The van der Waals surface area contributed by atoms with Crippen LogP contribution in [0.25, 0.3) is 10.9 Å². The van der Waals surface area contributed by atoms with Crippen LogP contribution < -0.4 is 10.7 Å². The second-order valence-corrected chi connectivity index (χ2v) is 6.61. The van der Waals surface area contributed by atoms with Crippen LogP contribution in [-0.2, 0) is 23.0 Å². The van der Waals surface area contributed by atoms with Crippen molar-refractivity contribution in [3.8, 4) is 0 Å². The summed E-state index contributed by atoms with van der Waals surface area (Å²) in [6.45, 7) is 0. The zero-order valence-corrected chi connectivity index (χ0v) is 15.8. The summed E-state index contributed by atoms with van der Waals surface area (Å²) in [5, 5.41) is 3.43. The smallest absolute Gasteiger partial charge is 0.307 e. The van der Waals surface area contributed by atoms with E-state index in [0.717, 1.165) is 5.56 Å². The number of para-hydroxylation sites is 1. The number of nitrogens with one attached hydrogen (secondary N) is 1. The van der Waals surface area contributed by atoms with E-state index < -0.39 is 17.9 Å². The molecule has 28 heavy (non-hydrogen) atoms. The molecule has 1 aromatic heterocycles. The van der Waals surface area contributed by atoms with E-state index in [-0.39, 0.29) is 17.5 Å². The molecule has 0 saturated carbocycles. The fourth-order valence-corrected chi connectivity index (χ4v) is 3.24. The summed E-state index contributed by atoms with van der Waals surface area (Å²) < 4.78 is 6.45. The Hall–Kier alpha value is -3.41. The van der Waals surface area contributed by atoms with Crippen molar-refractivity contribution in [2.24, 2.45) is 7.05 Å². The van der Waals surface area contributed by atoms with E-state index in [1.807, 2.05) is 36.4 Å². The molecule has 1 N–H and O–H groups in total. The summed E-state index contributed by atoms with van der Waals surface area (Å²) in [5.41, 5.74) is 1.69. The predicted octanol–water partition coefficient (Wildman–Crippen LogP) is 2.44. The van der Waals surface area contributed by atoms with Crippen LogP contribution in [0.3, 0.4) is 0 Å². The molecule has 1 atom stereocenters. The molecular formula is C22H22N2O4. The number of amides is 1. The third-order valence-electron chi connectivity index (χ3n) is 4.69. The van der Waals surface area contributed by atoms with E-state index >= 15 is 0 Å². The van der Waals surface area contributed by atoms with Crippen LogP contribution in [0.2, 0.25) is 0 Å². The third kappa shape index (κ3) is 4.28. The Morgan fingerprint density at radius 2 is 1.75 bits per heavy atom. The summed E-state index contributed by atoms with van der Waals surface area (Å²) in [6.07, 6.45) is 0.516. The molecule has 2 aromatic carbocycles. The van der Waals surface area contributed by atoms with Gasteiger partial charge in [-0.1, -0.05) is 42.5 Å². The molecule has 3 rings (SSSR count). The van der Waals surface area contributed by atoms with Crippen LogP contribution in [0.1, 0.15) is 22.5 Å². The van der Waals surface area contributed by atoms with Crippen molar-refractivity contribution >= 4 is 22.8 Å². The second kappa shape index (κ2) is 8.52. The van der Waals surface area contributed by atoms with E-state index in [9.17, 15) is 14.4 Å². The minimum absolute atomic E-state index is 0.0403. The van der Waals surface area contributed by atoms with Crippen LogP contribution in [0.4, 0.5) is 0 Å². The summed E-state index contributed by atoms with van der Waals surface area (Å²) in [4.78, 5) is 37.1. The molecule has 6 nitrogen and oxygen atoms in total. The number of carbonyl (C=O) groups is 2. The number of methoxy groups -OCH3 is 1. The van der Waals surface area contributed by atoms with Gasteiger partial charge in [0.25, 0.3) is 5.91 Å². The summed E-state index contributed by atoms with van der Waals surface area (Å²) in [5.74, 6) is -0.816. The molecule has 6 heteroatoms. The number of fused-ring (bicyclic) bond motifs is 1. The molecule has 0 fully saturated rings. The molecule has 144 valence electrons.